The Bertz CT molecular complexity index is 3030. The molecule has 0 amide bonds. The predicted molar refractivity (Wildman–Crippen MR) is 224 cm³/mol. The molecule has 0 fully saturated rings. The average Bonchev–Trinajstić information content (AvgIpc) is 3.82. The van der Waals surface area contributed by atoms with Crippen LogP contribution in [-0.2, 0) is 5.41 Å². The zero-order valence-corrected chi connectivity index (χ0v) is 29.7. The van der Waals surface area contributed by atoms with E-state index in [1.54, 1.807) is 0 Å². The first-order chi connectivity index (χ1) is 26.1. The van der Waals surface area contributed by atoms with Crippen LogP contribution in [0, 0.1) is 0 Å². The Morgan fingerprint density at radius 3 is 1.47 bits per heavy atom. The number of benzene rings is 8. The van der Waals surface area contributed by atoms with Gasteiger partial charge >= 0.3 is 0 Å². The van der Waals surface area contributed by atoms with Crippen LogP contribution < -0.4 is 0 Å². The normalized spacial score (nSPS) is 13.2. The fourth-order valence-electron chi connectivity index (χ4n) is 9.36. The molecule has 0 N–H and O–H groups in total. The molecule has 8 aromatic carbocycles. The molecule has 2 heterocycles. The first-order valence-corrected chi connectivity index (χ1v) is 18.5. The van der Waals surface area contributed by atoms with E-state index in [4.69, 9.17) is 0 Å². The van der Waals surface area contributed by atoms with Crippen molar-refractivity contribution in [3.8, 4) is 44.8 Å². The van der Waals surface area contributed by atoms with Crippen molar-refractivity contribution in [2.24, 2.45) is 0 Å². The van der Waals surface area contributed by atoms with E-state index in [0.717, 1.165) is 5.69 Å². The Morgan fingerprint density at radius 1 is 0.377 bits per heavy atom. The van der Waals surface area contributed by atoms with Crippen LogP contribution in [0.15, 0.2) is 182 Å². The molecule has 1 aliphatic rings. The van der Waals surface area contributed by atoms with Gasteiger partial charge in [0.1, 0.15) is 0 Å². The van der Waals surface area contributed by atoms with Crippen molar-refractivity contribution in [2.45, 2.75) is 19.3 Å². The highest BCUT2D eigenvalue weighted by atomic mass is 15.0. The highest BCUT2D eigenvalue weighted by Gasteiger charge is 2.41. The van der Waals surface area contributed by atoms with Gasteiger partial charge in [-0.05, 0) is 75.3 Å². The number of hydrogen-bond acceptors (Lipinski definition) is 0. The fraction of sp³-hybridized carbons (Fsp3) is 0.0588. The summed E-state index contributed by atoms with van der Waals surface area (Å²) in [5, 5.41) is 5.20. The second kappa shape index (κ2) is 11.2. The largest absolute Gasteiger partial charge is 0.309 e. The molecule has 0 saturated carbocycles. The molecule has 2 heteroatoms. The molecular formula is C51H36N2. The smallest absolute Gasteiger partial charge is 0.0644 e. The van der Waals surface area contributed by atoms with Gasteiger partial charge < -0.3 is 9.13 Å². The minimum Gasteiger partial charge on any atom is -0.309 e. The quantitative estimate of drug-likeness (QED) is 0.176. The molecule has 0 spiro atoms. The van der Waals surface area contributed by atoms with Gasteiger partial charge in [0, 0.05) is 43.9 Å². The van der Waals surface area contributed by atoms with Crippen LogP contribution in [-0.4, -0.2) is 9.13 Å². The summed E-state index contributed by atoms with van der Waals surface area (Å²) in [6, 6.07) is 66.7. The maximum absolute atomic E-state index is 2.54. The first kappa shape index (κ1) is 30.0. The highest BCUT2D eigenvalue weighted by Crippen LogP contribution is 2.58. The summed E-state index contributed by atoms with van der Waals surface area (Å²) < 4.78 is 5.06. The van der Waals surface area contributed by atoms with Gasteiger partial charge in [-0.25, -0.2) is 0 Å². The molecule has 1 aliphatic carbocycles. The molecule has 0 bridgehead atoms. The van der Waals surface area contributed by atoms with E-state index in [1.807, 2.05) is 0 Å². The van der Waals surface area contributed by atoms with Crippen molar-refractivity contribution in [1.29, 1.82) is 0 Å². The van der Waals surface area contributed by atoms with Crippen LogP contribution in [0.25, 0.3) is 88.4 Å². The Labute approximate surface area is 308 Å². The number of para-hydroxylation sites is 3. The molecule has 0 saturated heterocycles. The van der Waals surface area contributed by atoms with Crippen LogP contribution in [0.1, 0.15) is 25.0 Å². The molecule has 0 unspecified atom stereocenters. The number of rotatable bonds is 4. The lowest BCUT2D eigenvalue weighted by Gasteiger charge is -2.23. The molecule has 2 nitrogen and oxygen atoms in total. The Hall–Kier alpha value is -6.64. The molecule has 10 aromatic rings. The lowest BCUT2D eigenvalue weighted by Crippen LogP contribution is -2.15. The number of nitrogens with zero attached hydrogens (tertiary/aromatic N) is 2. The third kappa shape index (κ3) is 4.21. The summed E-state index contributed by atoms with van der Waals surface area (Å²) in [6.45, 7) is 4.84. The van der Waals surface area contributed by atoms with Crippen LogP contribution >= 0.6 is 0 Å². The van der Waals surface area contributed by atoms with Gasteiger partial charge in [0.15, 0.2) is 0 Å². The SMILES string of the molecule is CC1(C)c2ccccc2-c2c1c1c3ccccc3n(-c3ccccc3)c1c1c3ccccc3n(-c3ccc(-c4ccc(-c5ccccc5)cc4)cc3)c21. The predicted octanol–water partition coefficient (Wildman–Crippen LogP) is 13.5. The van der Waals surface area contributed by atoms with E-state index in [0.29, 0.717) is 0 Å². The molecule has 250 valence electrons. The van der Waals surface area contributed by atoms with E-state index in [9.17, 15) is 0 Å². The minimum atomic E-state index is -0.207. The monoisotopic (exact) mass is 676 g/mol. The first-order valence-electron chi connectivity index (χ1n) is 18.5. The number of aromatic nitrogens is 2. The van der Waals surface area contributed by atoms with E-state index < -0.39 is 0 Å². The lowest BCUT2D eigenvalue weighted by molar-refractivity contribution is 0.667. The van der Waals surface area contributed by atoms with Gasteiger partial charge in [0.05, 0.1) is 22.1 Å². The molecule has 11 rings (SSSR count). The second-order valence-electron chi connectivity index (χ2n) is 14.9. The molecule has 2 aromatic heterocycles. The van der Waals surface area contributed by atoms with E-state index in [2.05, 4.69) is 205 Å². The second-order valence-corrected chi connectivity index (χ2v) is 14.9. The Balaban J connectivity index is 1.24. The Kier molecular flexibility index (Phi) is 6.33. The summed E-state index contributed by atoms with van der Waals surface area (Å²) in [6.07, 6.45) is 0. The Morgan fingerprint density at radius 2 is 0.830 bits per heavy atom. The van der Waals surface area contributed by atoms with Crippen LogP contribution in [0.5, 0.6) is 0 Å². The average molecular weight is 677 g/mol. The standard InChI is InChI=1S/C51H36N2/c1-51(2)42-22-12-9-19-39(42)45-48(51)46-40-20-10-13-23-43(40)52(37-17-7-4-8-18-37)50(46)47-41-21-11-14-24-44(41)53(49(45)47)38-31-29-36(30-32-38)35-27-25-34(26-28-35)33-15-5-3-6-16-33/h3-32H,1-2H3. The van der Waals surface area contributed by atoms with E-state index >= 15 is 0 Å². The van der Waals surface area contributed by atoms with Gasteiger partial charge in [0.25, 0.3) is 0 Å². The van der Waals surface area contributed by atoms with Crippen molar-refractivity contribution in [1.82, 2.24) is 9.13 Å². The summed E-state index contributed by atoms with van der Waals surface area (Å²) in [5.74, 6) is 0. The topological polar surface area (TPSA) is 9.86 Å². The van der Waals surface area contributed by atoms with Crippen molar-refractivity contribution in [3.63, 3.8) is 0 Å². The van der Waals surface area contributed by atoms with Crippen molar-refractivity contribution >= 4 is 43.6 Å². The van der Waals surface area contributed by atoms with Gasteiger partial charge in [-0.1, -0.05) is 159 Å². The molecular weight excluding hydrogens is 641 g/mol. The van der Waals surface area contributed by atoms with Gasteiger partial charge in [-0.3, -0.25) is 0 Å². The summed E-state index contributed by atoms with van der Waals surface area (Å²) in [4.78, 5) is 0. The van der Waals surface area contributed by atoms with Crippen LogP contribution in [0.3, 0.4) is 0 Å². The van der Waals surface area contributed by atoms with Gasteiger partial charge in [-0.2, -0.15) is 0 Å². The van der Waals surface area contributed by atoms with Crippen molar-refractivity contribution in [3.05, 3.63) is 193 Å². The van der Waals surface area contributed by atoms with E-state index in [1.165, 1.54) is 93.8 Å². The molecule has 53 heavy (non-hydrogen) atoms. The molecule has 0 aliphatic heterocycles. The van der Waals surface area contributed by atoms with E-state index in [-0.39, 0.29) is 5.41 Å². The van der Waals surface area contributed by atoms with Crippen molar-refractivity contribution < 1.29 is 0 Å². The van der Waals surface area contributed by atoms with Crippen LogP contribution in [0.4, 0.5) is 0 Å². The summed E-state index contributed by atoms with van der Waals surface area (Å²) >= 11 is 0. The molecule has 0 atom stereocenters. The maximum Gasteiger partial charge on any atom is 0.0644 e. The summed E-state index contributed by atoms with van der Waals surface area (Å²) in [5.41, 5.74) is 17.5. The summed E-state index contributed by atoms with van der Waals surface area (Å²) in [7, 11) is 0. The zero-order chi connectivity index (χ0) is 35.3. The van der Waals surface area contributed by atoms with Gasteiger partial charge in [0.2, 0.25) is 0 Å². The van der Waals surface area contributed by atoms with Crippen molar-refractivity contribution in [2.75, 3.05) is 0 Å². The molecule has 0 radical (unpaired) electrons. The third-order valence-corrected chi connectivity index (χ3v) is 11.7. The zero-order valence-electron chi connectivity index (χ0n) is 29.7. The van der Waals surface area contributed by atoms with Crippen LogP contribution in [0.2, 0.25) is 0 Å². The number of fused-ring (bicyclic) bond motifs is 12. The fourth-order valence-corrected chi connectivity index (χ4v) is 9.36. The maximum atomic E-state index is 2.54. The highest BCUT2D eigenvalue weighted by molar-refractivity contribution is 6.31. The lowest BCUT2D eigenvalue weighted by atomic mass is 9.80. The minimum absolute atomic E-state index is 0.207. The number of hydrogen-bond donors (Lipinski definition) is 0. The third-order valence-electron chi connectivity index (χ3n) is 11.7. The van der Waals surface area contributed by atoms with Gasteiger partial charge in [-0.15, -0.1) is 0 Å².